The highest BCUT2D eigenvalue weighted by atomic mass is 16.7. The molecule has 2 aliphatic rings. The van der Waals surface area contributed by atoms with Crippen LogP contribution in [0.5, 0.6) is 5.75 Å². The van der Waals surface area contributed by atoms with Crippen molar-refractivity contribution in [3.05, 3.63) is 23.8 Å². The van der Waals surface area contributed by atoms with E-state index in [0.29, 0.717) is 11.7 Å². The van der Waals surface area contributed by atoms with Crippen molar-refractivity contribution in [2.24, 2.45) is 0 Å². The van der Waals surface area contributed by atoms with Gasteiger partial charge in [-0.05, 0) is 58.7 Å². The molecule has 1 aliphatic carbocycles. The summed E-state index contributed by atoms with van der Waals surface area (Å²) in [5, 5.41) is 9.32. The summed E-state index contributed by atoms with van der Waals surface area (Å²) in [7, 11) is -0.535. The molecule has 5 heteroatoms. The quantitative estimate of drug-likeness (QED) is 0.800. The van der Waals surface area contributed by atoms with Crippen LogP contribution in [0.4, 0.5) is 0 Å². The minimum Gasteiger partial charge on any atom is -0.490 e. The van der Waals surface area contributed by atoms with Crippen molar-refractivity contribution in [3.63, 3.8) is 0 Å². The Morgan fingerprint density at radius 2 is 1.81 bits per heavy atom. The van der Waals surface area contributed by atoms with Gasteiger partial charge in [-0.2, -0.15) is 5.26 Å². The van der Waals surface area contributed by atoms with Crippen LogP contribution >= 0.6 is 0 Å². The maximum atomic E-state index is 9.32. The van der Waals surface area contributed by atoms with Crippen LogP contribution in [0.3, 0.4) is 0 Å². The van der Waals surface area contributed by atoms with Crippen LogP contribution in [0.25, 0.3) is 0 Å². The number of benzene rings is 1. The summed E-state index contributed by atoms with van der Waals surface area (Å²) in [4.78, 5) is 0. The fourth-order valence-electron chi connectivity index (χ4n) is 2.26. The molecule has 1 saturated heterocycles. The minimum absolute atomic E-state index is 0.323. The van der Waals surface area contributed by atoms with Crippen LogP contribution in [0.1, 0.15) is 46.1 Å². The predicted octanol–water partition coefficient (Wildman–Crippen LogP) is 2.40. The van der Waals surface area contributed by atoms with Crippen molar-refractivity contribution in [2.45, 2.75) is 57.8 Å². The van der Waals surface area contributed by atoms with Gasteiger partial charge in [-0.3, -0.25) is 0 Å². The first-order valence-corrected chi connectivity index (χ1v) is 7.39. The smallest absolute Gasteiger partial charge is 0.490 e. The molecule has 0 N–H and O–H groups in total. The van der Waals surface area contributed by atoms with E-state index >= 15 is 0 Å². The van der Waals surface area contributed by atoms with Gasteiger partial charge in [0.25, 0.3) is 0 Å². The molecule has 110 valence electrons. The number of hydrogen-bond donors (Lipinski definition) is 0. The van der Waals surface area contributed by atoms with Crippen molar-refractivity contribution >= 4 is 12.6 Å². The Balaban J connectivity index is 1.91. The van der Waals surface area contributed by atoms with E-state index < -0.39 is 18.3 Å². The number of rotatable bonds is 3. The van der Waals surface area contributed by atoms with Crippen LogP contribution in [0, 0.1) is 11.3 Å². The van der Waals surface area contributed by atoms with Crippen LogP contribution in [0.15, 0.2) is 18.2 Å². The van der Waals surface area contributed by atoms with E-state index in [0.717, 1.165) is 24.1 Å². The fourth-order valence-corrected chi connectivity index (χ4v) is 2.26. The molecule has 21 heavy (non-hydrogen) atoms. The fraction of sp³-hybridized carbons (Fsp3) is 0.562. The summed E-state index contributed by atoms with van der Waals surface area (Å²) < 4.78 is 17.9. The first-order chi connectivity index (χ1) is 9.82. The minimum atomic E-state index is -0.535. The Hall–Kier alpha value is -1.51. The molecule has 1 aliphatic heterocycles. The first kappa shape index (κ1) is 14.4. The van der Waals surface area contributed by atoms with Crippen molar-refractivity contribution in [1.82, 2.24) is 0 Å². The molecule has 0 atom stereocenters. The third-order valence-corrected chi connectivity index (χ3v) is 4.48. The predicted molar refractivity (Wildman–Crippen MR) is 80.5 cm³/mol. The van der Waals surface area contributed by atoms with Gasteiger partial charge in [-0.25, -0.2) is 0 Å². The number of nitrogens with zero attached hydrogens (tertiary/aromatic N) is 1. The lowest BCUT2D eigenvalue weighted by atomic mass is 9.76. The standard InChI is InChI=1S/C16H20BNO3/c1-15(2)16(3,4)21-17(20-15)14-9-13(19-12-7-8-12)6-5-11(14)10-18/h5-6,9,12H,7-8H2,1-4H3. The lowest BCUT2D eigenvalue weighted by molar-refractivity contribution is 0.00578. The Morgan fingerprint density at radius 1 is 1.19 bits per heavy atom. The summed E-state index contributed by atoms with van der Waals surface area (Å²) in [5.74, 6) is 0.779. The van der Waals surface area contributed by atoms with E-state index in [-0.39, 0.29) is 0 Å². The average molecular weight is 285 g/mol. The molecule has 1 saturated carbocycles. The third-order valence-electron chi connectivity index (χ3n) is 4.48. The van der Waals surface area contributed by atoms with Gasteiger partial charge >= 0.3 is 7.12 Å². The van der Waals surface area contributed by atoms with E-state index in [1.807, 2.05) is 39.8 Å². The summed E-state index contributed by atoms with van der Waals surface area (Å²) in [6.07, 6.45) is 2.53. The zero-order valence-electron chi connectivity index (χ0n) is 13.0. The highest BCUT2D eigenvalue weighted by Gasteiger charge is 2.52. The molecule has 4 nitrogen and oxygen atoms in total. The lowest BCUT2D eigenvalue weighted by Crippen LogP contribution is -2.41. The molecule has 1 heterocycles. The molecule has 0 bridgehead atoms. The largest absolute Gasteiger partial charge is 0.496 e. The second kappa shape index (κ2) is 4.76. The Bertz CT molecular complexity index is 586. The summed E-state index contributed by atoms with van der Waals surface area (Å²) in [6, 6.07) is 7.70. The molecule has 1 aromatic carbocycles. The first-order valence-electron chi connectivity index (χ1n) is 7.39. The zero-order valence-corrected chi connectivity index (χ0v) is 13.0. The van der Waals surface area contributed by atoms with E-state index in [9.17, 15) is 5.26 Å². The summed E-state index contributed by atoms with van der Waals surface area (Å²) >= 11 is 0. The van der Waals surface area contributed by atoms with Gasteiger partial charge < -0.3 is 14.0 Å². The summed E-state index contributed by atoms with van der Waals surface area (Å²) in [5.41, 5.74) is 0.473. The van der Waals surface area contributed by atoms with Crippen molar-refractivity contribution in [2.75, 3.05) is 0 Å². The molecule has 1 aromatic rings. The van der Waals surface area contributed by atoms with E-state index in [4.69, 9.17) is 14.0 Å². The van der Waals surface area contributed by atoms with Gasteiger partial charge in [0.05, 0.1) is 28.9 Å². The maximum absolute atomic E-state index is 9.32. The van der Waals surface area contributed by atoms with Gasteiger partial charge in [-0.1, -0.05) is 0 Å². The number of hydrogen-bond acceptors (Lipinski definition) is 4. The third kappa shape index (κ3) is 2.66. The van der Waals surface area contributed by atoms with Crippen molar-refractivity contribution < 1.29 is 14.0 Å². The molecular formula is C16H20BNO3. The molecule has 0 amide bonds. The number of nitriles is 1. The van der Waals surface area contributed by atoms with E-state index in [2.05, 4.69) is 6.07 Å². The van der Waals surface area contributed by atoms with Gasteiger partial charge in [0.2, 0.25) is 0 Å². The Kier molecular flexibility index (Phi) is 3.27. The topological polar surface area (TPSA) is 51.5 Å². The Labute approximate surface area is 126 Å². The van der Waals surface area contributed by atoms with Gasteiger partial charge in [0.15, 0.2) is 0 Å². The highest BCUT2D eigenvalue weighted by molar-refractivity contribution is 6.63. The summed E-state index contributed by atoms with van der Waals surface area (Å²) in [6.45, 7) is 8.01. The lowest BCUT2D eigenvalue weighted by Gasteiger charge is -2.32. The molecule has 0 spiro atoms. The normalized spacial score (nSPS) is 22.9. The Morgan fingerprint density at radius 3 is 2.33 bits per heavy atom. The SMILES string of the molecule is CC1(C)OB(c2cc(OC3CC3)ccc2C#N)OC1(C)C. The van der Waals surface area contributed by atoms with Crippen molar-refractivity contribution in [1.29, 1.82) is 5.26 Å². The molecule has 0 unspecified atom stereocenters. The van der Waals surface area contributed by atoms with Gasteiger partial charge in [0, 0.05) is 5.46 Å². The molecular weight excluding hydrogens is 265 g/mol. The van der Waals surface area contributed by atoms with Crippen LogP contribution < -0.4 is 10.2 Å². The van der Waals surface area contributed by atoms with Crippen LogP contribution in [-0.4, -0.2) is 24.4 Å². The monoisotopic (exact) mass is 285 g/mol. The highest BCUT2D eigenvalue weighted by Crippen LogP contribution is 2.37. The van der Waals surface area contributed by atoms with Crippen LogP contribution in [0.2, 0.25) is 0 Å². The molecule has 0 radical (unpaired) electrons. The second-order valence-electron chi connectivity index (χ2n) is 6.77. The van der Waals surface area contributed by atoms with E-state index in [1.165, 1.54) is 0 Å². The number of ether oxygens (including phenoxy) is 1. The van der Waals surface area contributed by atoms with Crippen molar-refractivity contribution in [3.8, 4) is 11.8 Å². The molecule has 3 rings (SSSR count). The van der Waals surface area contributed by atoms with E-state index in [1.54, 1.807) is 6.07 Å². The average Bonchev–Trinajstić information content (AvgIpc) is 3.17. The van der Waals surface area contributed by atoms with Crippen LogP contribution in [-0.2, 0) is 9.31 Å². The maximum Gasteiger partial charge on any atom is 0.496 e. The molecule has 0 aromatic heterocycles. The zero-order chi connectivity index (χ0) is 15.3. The molecule has 2 fully saturated rings. The van der Waals surface area contributed by atoms with Gasteiger partial charge in [0.1, 0.15) is 5.75 Å². The van der Waals surface area contributed by atoms with Gasteiger partial charge in [-0.15, -0.1) is 0 Å². The second-order valence-corrected chi connectivity index (χ2v) is 6.77.